The van der Waals surface area contributed by atoms with Crippen molar-refractivity contribution >= 4 is 29.1 Å². The Labute approximate surface area is 200 Å². The van der Waals surface area contributed by atoms with Crippen molar-refractivity contribution in [2.45, 2.75) is 31.8 Å². The molecule has 8 heteroatoms. The van der Waals surface area contributed by atoms with Crippen LogP contribution in [0, 0.1) is 5.92 Å². The quantitative estimate of drug-likeness (QED) is 0.612. The lowest BCUT2D eigenvalue weighted by molar-refractivity contribution is -0.122. The van der Waals surface area contributed by atoms with Crippen LogP contribution < -0.4 is 16.0 Å². The second-order valence-corrected chi connectivity index (χ2v) is 9.54. The van der Waals surface area contributed by atoms with Crippen LogP contribution in [0.15, 0.2) is 54.6 Å². The van der Waals surface area contributed by atoms with Gasteiger partial charge in [-0.15, -0.1) is 0 Å². The second kappa shape index (κ2) is 9.95. The molecule has 0 radical (unpaired) electrons. The van der Waals surface area contributed by atoms with Crippen LogP contribution in [0.3, 0.4) is 0 Å². The first kappa shape index (κ1) is 23.9. The third-order valence-electron chi connectivity index (χ3n) is 6.75. The summed E-state index contributed by atoms with van der Waals surface area (Å²) in [5, 5.41) is 8.97. The van der Waals surface area contributed by atoms with Crippen molar-refractivity contribution in [3.63, 3.8) is 0 Å². The van der Waals surface area contributed by atoms with Gasteiger partial charge in [-0.05, 0) is 49.8 Å². The highest BCUT2D eigenvalue weighted by atomic mass is 16.2. The van der Waals surface area contributed by atoms with Crippen molar-refractivity contribution in [3.05, 3.63) is 60.2 Å². The Morgan fingerprint density at radius 1 is 0.912 bits per heavy atom. The van der Waals surface area contributed by atoms with Crippen molar-refractivity contribution in [2.75, 3.05) is 43.9 Å². The van der Waals surface area contributed by atoms with Crippen LogP contribution in [0.1, 0.15) is 31.9 Å². The first-order valence-corrected chi connectivity index (χ1v) is 11.7. The molecule has 8 nitrogen and oxygen atoms in total. The van der Waals surface area contributed by atoms with E-state index in [9.17, 15) is 14.4 Å². The van der Waals surface area contributed by atoms with E-state index in [4.69, 9.17) is 0 Å². The van der Waals surface area contributed by atoms with Crippen LogP contribution in [0.25, 0.3) is 0 Å². The zero-order valence-electron chi connectivity index (χ0n) is 20.0. The molecule has 34 heavy (non-hydrogen) atoms. The van der Waals surface area contributed by atoms with E-state index in [-0.39, 0.29) is 36.2 Å². The number of carbonyl (C=O) groups excluding carboxylic acids is 3. The number of likely N-dealkylation sites (tertiary alicyclic amines) is 2. The van der Waals surface area contributed by atoms with Gasteiger partial charge in [-0.2, -0.15) is 0 Å². The molecule has 2 fully saturated rings. The maximum Gasteiger partial charge on any atom is 0.238 e. The summed E-state index contributed by atoms with van der Waals surface area (Å²) in [4.78, 5) is 41.0. The maximum atomic E-state index is 13.1. The third kappa shape index (κ3) is 5.29. The van der Waals surface area contributed by atoms with Crippen molar-refractivity contribution in [1.82, 2.24) is 15.1 Å². The van der Waals surface area contributed by atoms with Gasteiger partial charge >= 0.3 is 0 Å². The molecule has 3 N–H and O–H groups in total. The van der Waals surface area contributed by atoms with E-state index in [1.54, 1.807) is 31.2 Å². The topological polar surface area (TPSA) is 93.8 Å². The minimum Gasteiger partial charge on any atom is -0.348 e. The molecule has 3 atom stereocenters. The number of nitrogens with one attached hydrogen (secondary N) is 3. The fourth-order valence-corrected chi connectivity index (χ4v) is 5.65. The van der Waals surface area contributed by atoms with Crippen molar-refractivity contribution < 1.29 is 14.4 Å². The Morgan fingerprint density at radius 2 is 1.56 bits per heavy atom. The first-order valence-electron chi connectivity index (χ1n) is 11.7. The number of nitrogens with zero attached hydrogens (tertiary/aromatic N) is 2. The molecule has 2 saturated heterocycles. The molecule has 0 aromatic heterocycles. The first-order chi connectivity index (χ1) is 16.3. The molecule has 180 valence electrons. The Balaban J connectivity index is 1.55. The van der Waals surface area contributed by atoms with E-state index >= 15 is 0 Å². The average Bonchev–Trinajstić information content (AvgIpc) is 3.06. The van der Waals surface area contributed by atoms with Crippen LogP contribution >= 0.6 is 0 Å². The van der Waals surface area contributed by atoms with Crippen LogP contribution in [-0.4, -0.2) is 66.3 Å². The second-order valence-electron chi connectivity index (χ2n) is 9.54. The van der Waals surface area contributed by atoms with Gasteiger partial charge in [-0.25, -0.2) is 0 Å². The fourth-order valence-electron chi connectivity index (χ4n) is 5.65. The van der Waals surface area contributed by atoms with E-state index in [1.165, 1.54) is 6.92 Å². The largest absolute Gasteiger partial charge is 0.348 e. The Bertz CT molecular complexity index is 1040. The summed E-state index contributed by atoms with van der Waals surface area (Å²) in [6.45, 7) is 5.56. The molecule has 0 saturated carbocycles. The number of hydrogen-bond donors (Lipinski definition) is 3. The van der Waals surface area contributed by atoms with Crippen LogP contribution in [0.4, 0.5) is 11.4 Å². The van der Waals surface area contributed by atoms with Crippen LogP contribution in [-0.2, 0) is 14.4 Å². The number of piperidine rings is 1. The van der Waals surface area contributed by atoms with Crippen molar-refractivity contribution in [1.29, 1.82) is 0 Å². The highest BCUT2D eigenvalue weighted by Gasteiger charge is 2.55. The summed E-state index contributed by atoms with van der Waals surface area (Å²) in [5.74, 6) is -0.0893. The standard InChI is InChI=1S/C26H33N5O3/c1-18(32)27-21-9-11-22(12-10-21)28-24(34)15-31-17-26(29-19(2)33)16-30(3)14-13-23(26)25(31)20-7-5-4-6-8-20/h4-12,23,25H,13-17H2,1-3H3,(H,27,32)(H,28,34)(H,29,33)/t23-,25-,26-/m1/s1. The van der Waals surface area contributed by atoms with Gasteiger partial charge in [0.05, 0.1) is 12.1 Å². The summed E-state index contributed by atoms with van der Waals surface area (Å²) in [6, 6.07) is 17.4. The lowest BCUT2D eigenvalue weighted by Crippen LogP contribution is -2.63. The van der Waals surface area contributed by atoms with Gasteiger partial charge < -0.3 is 20.9 Å². The van der Waals surface area contributed by atoms with Gasteiger partial charge in [-0.3, -0.25) is 19.3 Å². The molecule has 0 spiro atoms. The Kier molecular flexibility index (Phi) is 7.00. The number of rotatable bonds is 6. The van der Waals surface area contributed by atoms with E-state index in [2.05, 4.69) is 44.9 Å². The van der Waals surface area contributed by atoms with Gasteiger partial charge in [0.25, 0.3) is 0 Å². The highest BCUT2D eigenvalue weighted by molar-refractivity contribution is 5.93. The van der Waals surface area contributed by atoms with Crippen LogP contribution in [0.2, 0.25) is 0 Å². The fraction of sp³-hybridized carbons (Fsp3) is 0.423. The van der Waals surface area contributed by atoms with E-state index < -0.39 is 5.54 Å². The molecule has 2 aliphatic rings. The van der Waals surface area contributed by atoms with Crippen LogP contribution in [0.5, 0.6) is 0 Å². The van der Waals surface area contributed by atoms with E-state index in [0.717, 1.165) is 25.1 Å². The Hall–Kier alpha value is -3.23. The highest BCUT2D eigenvalue weighted by Crippen LogP contribution is 2.47. The molecule has 2 aromatic rings. The minimum atomic E-state index is -0.403. The van der Waals surface area contributed by atoms with Gasteiger partial charge in [0.1, 0.15) is 0 Å². The number of likely N-dealkylation sites (N-methyl/N-ethyl adjacent to an activating group) is 1. The summed E-state index contributed by atoms with van der Waals surface area (Å²) in [7, 11) is 2.08. The average molecular weight is 464 g/mol. The van der Waals surface area contributed by atoms with Gasteiger partial charge in [0.2, 0.25) is 17.7 Å². The zero-order chi connectivity index (χ0) is 24.3. The molecule has 4 rings (SSSR count). The van der Waals surface area contributed by atoms with Gasteiger partial charge in [0.15, 0.2) is 0 Å². The lowest BCUT2D eigenvalue weighted by Gasteiger charge is -2.44. The number of anilines is 2. The predicted octanol–water partition coefficient (Wildman–Crippen LogP) is 2.47. The van der Waals surface area contributed by atoms with Gasteiger partial charge in [-0.1, -0.05) is 30.3 Å². The van der Waals surface area contributed by atoms with E-state index in [1.807, 2.05) is 18.2 Å². The maximum absolute atomic E-state index is 13.1. The SMILES string of the molecule is CC(=O)Nc1ccc(NC(=O)CN2C[C@]3(NC(C)=O)CN(C)CC[C@@H]3[C@H]2c2ccccc2)cc1. The number of carbonyl (C=O) groups is 3. The number of benzene rings is 2. The lowest BCUT2D eigenvalue weighted by atomic mass is 9.76. The zero-order valence-corrected chi connectivity index (χ0v) is 20.0. The molecule has 3 amide bonds. The molecule has 0 unspecified atom stereocenters. The minimum absolute atomic E-state index is 0.0367. The summed E-state index contributed by atoms with van der Waals surface area (Å²) >= 11 is 0. The molecule has 2 aliphatic heterocycles. The summed E-state index contributed by atoms with van der Waals surface area (Å²) in [6.07, 6.45) is 0.944. The molecular weight excluding hydrogens is 430 g/mol. The number of amides is 3. The molecule has 0 bridgehead atoms. The number of fused-ring (bicyclic) bond motifs is 1. The summed E-state index contributed by atoms with van der Waals surface area (Å²) < 4.78 is 0. The summed E-state index contributed by atoms with van der Waals surface area (Å²) in [5.41, 5.74) is 2.11. The van der Waals surface area contributed by atoms with Gasteiger partial charge in [0, 0.05) is 50.3 Å². The molecular formula is C26H33N5O3. The molecule has 2 heterocycles. The third-order valence-corrected chi connectivity index (χ3v) is 6.75. The van der Waals surface area contributed by atoms with E-state index in [0.29, 0.717) is 17.9 Å². The monoisotopic (exact) mass is 463 g/mol. The number of hydrogen-bond acceptors (Lipinski definition) is 5. The predicted molar refractivity (Wildman–Crippen MR) is 132 cm³/mol. The smallest absolute Gasteiger partial charge is 0.238 e. The normalized spacial score (nSPS) is 24.8. The molecule has 2 aromatic carbocycles. The Morgan fingerprint density at radius 3 is 2.18 bits per heavy atom. The molecule has 0 aliphatic carbocycles. The van der Waals surface area contributed by atoms with Crippen molar-refractivity contribution in [2.24, 2.45) is 5.92 Å². The van der Waals surface area contributed by atoms with Crippen molar-refractivity contribution in [3.8, 4) is 0 Å².